The van der Waals surface area contributed by atoms with Crippen molar-refractivity contribution in [3.8, 4) is 6.07 Å². The minimum Gasteiger partial charge on any atom is -0.322 e. The van der Waals surface area contributed by atoms with Gasteiger partial charge in [-0.2, -0.15) is 5.26 Å². The van der Waals surface area contributed by atoms with Gasteiger partial charge in [-0.25, -0.2) is 0 Å². The standard InChI is InChI=1S/C22H17N3O2/c1-15-9-11-19(12-10-15)24-21(26)16-6-4-7-17(13-16)22(27)25-20-8-3-2-5-18(20)14-23/h2-13H,1H3,(H,24,26)(H,25,27). The number of carbonyl (C=O) groups excluding carboxylic acids is 2. The van der Waals surface area contributed by atoms with E-state index in [1.807, 2.05) is 37.3 Å². The van der Waals surface area contributed by atoms with E-state index in [2.05, 4.69) is 10.6 Å². The third-order valence-electron chi connectivity index (χ3n) is 3.99. The lowest BCUT2D eigenvalue weighted by Gasteiger charge is -2.09. The van der Waals surface area contributed by atoms with Crippen molar-refractivity contribution < 1.29 is 9.59 Å². The molecule has 132 valence electrons. The summed E-state index contributed by atoms with van der Waals surface area (Å²) in [6.45, 7) is 1.97. The molecule has 0 aromatic heterocycles. The first-order chi connectivity index (χ1) is 13.1. The molecule has 0 aliphatic heterocycles. The molecule has 5 nitrogen and oxygen atoms in total. The van der Waals surface area contributed by atoms with Crippen LogP contribution in [0, 0.1) is 18.3 Å². The van der Waals surface area contributed by atoms with Crippen molar-refractivity contribution in [2.75, 3.05) is 10.6 Å². The first kappa shape index (κ1) is 17.9. The highest BCUT2D eigenvalue weighted by Crippen LogP contribution is 2.16. The second-order valence-electron chi connectivity index (χ2n) is 6.01. The highest BCUT2D eigenvalue weighted by Gasteiger charge is 2.12. The van der Waals surface area contributed by atoms with Crippen molar-refractivity contribution in [2.24, 2.45) is 0 Å². The number of anilines is 2. The van der Waals surface area contributed by atoms with Gasteiger partial charge in [-0.15, -0.1) is 0 Å². The Morgan fingerprint density at radius 3 is 2.11 bits per heavy atom. The molecule has 3 aromatic rings. The Labute approximate surface area is 157 Å². The second kappa shape index (κ2) is 7.98. The number of rotatable bonds is 4. The average molecular weight is 355 g/mol. The largest absolute Gasteiger partial charge is 0.322 e. The molecule has 3 rings (SSSR count). The van der Waals surface area contributed by atoms with E-state index in [1.54, 1.807) is 42.5 Å². The normalized spacial score (nSPS) is 9.93. The molecule has 0 atom stereocenters. The minimum atomic E-state index is -0.386. The number of hydrogen-bond acceptors (Lipinski definition) is 3. The zero-order valence-corrected chi connectivity index (χ0v) is 14.7. The Hall–Kier alpha value is -3.91. The summed E-state index contributed by atoms with van der Waals surface area (Å²) in [5, 5.41) is 14.6. The minimum absolute atomic E-state index is 0.300. The number of para-hydroxylation sites is 1. The van der Waals surface area contributed by atoms with Crippen LogP contribution in [-0.2, 0) is 0 Å². The van der Waals surface area contributed by atoms with Crippen molar-refractivity contribution in [3.63, 3.8) is 0 Å². The van der Waals surface area contributed by atoms with Gasteiger partial charge in [0.05, 0.1) is 11.3 Å². The van der Waals surface area contributed by atoms with Crippen LogP contribution in [-0.4, -0.2) is 11.8 Å². The predicted octanol–water partition coefficient (Wildman–Crippen LogP) is 4.37. The molecule has 0 heterocycles. The highest BCUT2D eigenvalue weighted by molar-refractivity contribution is 6.09. The Kier molecular flexibility index (Phi) is 5.29. The monoisotopic (exact) mass is 355 g/mol. The van der Waals surface area contributed by atoms with Crippen LogP contribution in [0.2, 0.25) is 0 Å². The Bertz CT molecular complexity index is 1030. The molecule has 27 heavy (non-hydrogen) atoms. The first-order valence-corrected chi connectivity index (χ1v) is 8.35. The van der Waals surface area contributed by atoms with E-state index in [1.165, 1.54) is 6.07 Å². The molecule has 0 fully saturated rings. The van der Waals surface area contributed by atoms with Gasteiger partial charge >= 0.3 is 0 Å². The Morgan fingerprint density at radius 2 is 1.44 bits per heavy atom. The van der Waals surface area contributed by atoms with E-state index >= 15 is 0 Å². The van der Waals surface area contributed by atoms with E-state index in [0.717, 1.165) is 5.56 Å². The maximum atomic E-state index is 12.5. The third-order valence-corrected chi connectivity index (χ3v) is 3.99. The molecule has 0 spiro atoms. The molecule has 2 amide bonds. The number of nitrogens with zero attached hydrogens (tertiary/aromatic N) is 1. The summed E-state index contributed by atoms with van der Waals surface area (Å²) in [4.78, 5) is 24.9. The van der Waals surface area contributed by atoms with Crippen LogP contribution in [0.4, 0.5) is 11.4 Å². The first-order valence-electron chi connectivity index (χ1n) is 8.35. The van der Waals surface area contributed by atoms with Crippen molar-refractivity contribution in [3.05, 3.63) is 95.1 Å². The van der Waals surface area contributed by atoms with Crippen LogP contribution in [0.25, 0.3) is 0 Å². The van der Waals surface area contributed by atoms with Crippen LogP contribution >= 0.6 is 0 Å². The average Bonchev–Trinajstić information content (AvgIpc) is 2.70. The fourth-order valence-electron chi connectivity index (χ4n) is 2.53. The fraction of sp³-hybridized carbons (Fsp3) is 0.0455. The van der Waals surface area contributed by atoms with Gasteiger partial charge in [-0.05, 0) is 49.4 Å². The van der Waals surface area contributed by atoms with Gasteiger partial charge in [0.25, 0.3) is 11.8 Å². The summed E-state index contributed by atoms with van der Waals surface area (Å²) in [5.74, 6) is -0.686. The molecule has 2 N–H and O–H groups in total. The molecule has 0 radical (unpaired) electrons. The Morgan fingerprint density at radius 1 is 0.815 bits per heavy atom. The maximum absolute atomic E-state index is 12.5. The summed E-state index contributed by atoms with van der Waals surface area (Å²) in [5.41, 5.74) is 3.29. The van der Waals surface area contributed by atoms with Crippen LogP contribution in [0.15, 0.2) is 72.8 Å². The van der Waals surface area contributed by atoms with Crippen LogP contribution in [0.1, 0.15) is 31.8 Å². The number of nitrogens with one attached hydrogen (secondary N) is 2. The fourth-order valence-corrected chi connectivity index (χ4v) is 2.53. The number of aryl methyl sites for hydroxylation is 1. The molecule has 0 aliphatic carbocycles. The lowest BCUT2D eigenvalue weighted by Crippen LogP contribution is -2.16. The van der Waals surface area contributed by atoms with Crippen LogP contribution < -0.4 is 10.6 Å². The predicted molar refractivity (Wildman–Crippen MR) is 105 cm³/mol. The number of carbonyl (C=O) groups is 2. The van der Waals surface area contributed by atoms with Gasteiger partial charge < -0.3 is 10.6 Å². The SMILES string of the molecule is Cc1ccc(NC(=O)c2cccc(C(=O)Nc3ccccc3C#N)c2)cc1. The summed E-state index contributed by atoms with van der Waals surface area (Å²) in [6.07, 6.45) is 0. The van der Waals surface area contributed by atoms with Crippen molar-refractivity contribution in [1.29, 1.82) is 5.26 Å². The number of hydrogen-bond donors (Lipinski definition) is 2. The molecule has 0 aliphatic rings. The van der Waals surface area contributed by atoms with Gasteiger partial charge in [-0.3, -0.25) is 9.59 Å². The zero-order chi connectivity index (χ0) is 19.2. The van der Waals surface area contributed by atoms with Gasteiger partial charge in [0.1, 0.15) is 6.07 Å². The zero-order valence-electron chi connectivity index (χ0n) is 14.7. The van der Waals surface area contributed by atoms with Gasteiger partial charge in [0, 0.05) is 16.8 Å². The van der Waals surface area contributed by atoms with E-state index < -0.39 is 0 Å². The summed E-state index contributed by atoms with van der Waals surface area (Å²) in [6, 6.07) is 22.7. The summed E-state index contributed by atoms with van der Waals surface area (Å²) in [7, 11) is 0. The topological polar surface area (TPSA) is 82.0 Å². The van der Waals surface area contributed by atoms with Crippen molar-refractivity contribution in [2.45, 2.75) is 6.92 Å². The third kappa shape index (κ3) is 4.39. The smallest absolute Gasteiger partial charge is 0.255 e. The molecule has 5 heteroatoms. The molecule has 0 saturated heterocycles. The lowest BCUT2D eigenvalue weighted by atomic mass is 10.1. The molecule has 0 unspecified atom stereocenters. The van der Waals surface area contributed by atoms with E-state index in [4.69, 9.17) is 5.26 Å². The van der Waals surface area contributed by atoms with Gasteiger partial charge in [0.15, 0.2) is 0 Å². The van der Waals surface area contributed by atoms with Crippen molar-refractivity contribution in [1.82, 2.24) is 0 Å². The maximum Gasteiger partial charge on any atom is 0.255 e. The Balaban J connectivity index is 1.76. The second-order valence-corrected chi connectivity index (χ2v) is 6.01. The highest BCUT2D eigenvalue weighted by atomic mass is 16.2. The van der Waals surface area contributed by atoms with E-state index in [9.17, 15) is 9.59 Å². The molecule has 0 saturated carbocycles. The lowest BCUT2D eigenvalue weighted by molar-refractivity contribution is 0.102. The number of amides is 2. The van der Waals surface area contributed by atoms with E-state index in [0.29, 0.717) is 28.1 Å². The van der Waals surface area contributed by atoms with Crippen molar-refractivity contribution >= 4 is 23.2 Å². The molecular weight excluding hydrogens is 338 g/mol. The summed E-state index contributed by atoms with van der Waals surface area (Å²) >= 11 is 0. The molecular formula is C22H17N3O2. The molecule has 0 bridgehead atoms. The quantitative estimate of drug-likeness (QED) is 0.729. The number of nitriles is 1. The molecule has 3 aromatic carbocycles. The summed E-state index contributed by atoms with van der Waals surface area (Å²) < 4.78 is 0. The number of benzene rings is 3. The van der Waals surface area contributed by atoms with Crippen LogP contribution in [0.5, 0.6) is 0 Å². The van der Waals surface area contributed by atoms with Crippen LogP contribution in [0.3, 0.4) is 0 Å². The van der Waals surface area contributed by atoms with E-state index in [-0.39, 0.29) is 11.8 Å². The van der Waals surface area contributed by atoms with Gasteiger partial charge in [-0.1, -0.05) is 35.9 Å². The van der Waals surface area contributed by atoms with Gasteiger partial charge in [0.2, 0.25) is 0 Å².